The van der Waals surface area contributed by atoms with Crippen LogP contribution in [0.4, 0.5) is 0 Å². The summed E-state index contributed by atoms with van der Waals surface area (Å²) in [5.41, 5.74) is 0.426. The normalized spacial score (nSPS) is 11.2. The standard InChI is InChI=1S/C13H18N2O4S/c1-18-9-10-19-8-2-7-15-20(16,17)13-5-3-12(11-14)4-6-13/h3-6,15H,2,7-10H2,1H3. The van der Waals surface area contributed by atoms with Crippen molar-refractivity contribution in [3.63, 3.8) is 0 Å². The van der Waals surface area contributed by atoms with Gasteiger partial charge in [-0.3, -0.25) is 0 Å². The van der Waals surface area contributed by atoms with Gasteiger partial charge < -0.3 is 9.47 Å². The Morgan fingerprint density at radius 2 is 1.90 bits per heavy atom. The van der Waals surface area contributed by atoms with Crippen LogP contribution in [0.15, 0.2) is 29.2 Å². The van der Waals surface area contributed by atoms with E-state index in [-0.39, 0.29) is 4.90 Å². The van der Waals surface area contributed by atoms with Crippen molar-refractivity contribution in [2.24, 2.45) is 0 Å². The van der Waals surface area contributed by atoms with Crippen LogP contribution in [0.2, 0.25) is 0 Å². The van der Waals surface area contributed by atoms with E-state index in [1.54, 1.807) is 7.11 Å². The Hall–Kier alpha value is -1.46. The molecule has 0 aliphatic carbocycles. The van der Waals surface area contributed by atoms with Gasteiger partial charge in [0.05, 0.1) is 29.7 Å². The van der Waals surface area contributed by atoms with E-state index >= 15 is 0 Å². The molecule has 0 fully saturated rings. The third-order valence-corrected chi connectivity index (χ3v) is 3.96. The smallest absolute Gasteiger partial charge is 0.240 e. The van der Waals surface area contributed by atoms with Gasteiger partial charge in [0.1, 0.15) is 0 Å². The van der Waals surface area contributed by atoms with Crippen molar-refractivity contribution in [3.8, 4) is 6.07 Å². The Bertz CT molecular complexity index is 534. The summed E-state index contributed by atoms with van der Waals surface area (Å²) >= 11 is 0. The quantitative estimate of drug-likeness (QED) is 0.684. The number of hydrogen-bond acceptors (Lipinski definition) is 5. The summed E-state index contributed by atoms with van der Waals surface area (Å²) in [5.74, 6) is 0. The van der Waals surface area contributed by atoms with Gasteiger partial charge in [-0.25, -0.2) is 13.1 Å². The lowest BCUT2D eigenvalue weighted by Gasteiger charge is -2.07. The Labute approximate surface area is 119 Å². The predicted octanol–water partition coefficient (Wildman–Crippen LogP) is 0.890. The highest BCUT2D eigenvalue weighted by molar-refractivity contribution is 7.89. The van der Waals surface area contributed by atoms with Crippen LogP contribution >= 0.6 is 0 Å². The van der Waals surface area contributed by atoms with Crippen LogP contribution in [-0.4, -0.2) is 41.9 Å². The highest BCUT2D eigenvalue weighted by atomic mass is 32.2. The first-order valence-electron chi connectivity index (χ1n) is 6.16. The number of ether oxygens (including phenoxy) is 2. The van der Waals surface area contributed by atoms with Crippen LogP contribution in [0, 0.1) is 11.3 Å². The molecule has 0 unspecified atom stereocenters. The average Bonchev–Trinajstić information content (AvgIpc) is 2.46. The van der Waals surface area contributed by atoms with Crippen LogP contribution in [0.1, 0.15) is 12.0 Å². The Morgan fingerprint density at radius 1 is 1.20 bits per heavy atom. The molecular formula is C13H18N2O4S. The minimum Gasteiger partial charge on any atom is -0.382 e. The zero-order valence-corrected chi connectivity index (χ0v) is 12.1. The average molecular weight is 298 g/mol. The Kier molecular flexibility index (Phi) is 7.18. The number of nitriles is 1. The summed E-state index contributed by atoms with van der Waals surface area (Å²) in [5, 5.41) is 8.66. The van der Waals surface area contributed by atoms with Crippen LogP contribution < -0.4 is 4.72 Å². The molecule has 1 aromatic carbocycles. The predicted molar refractivity (Wildman–Crippen MR) is 73.7 cm³/mol. The van der Waals surface area contributed by atoms with E-state index in [0.717, 1.165) is 0 Å². The van der Waals surface area contributed by atoms with Gasteiger partial charge in [-0.15, -0.1) is 0 Å². The number of nitrogens with one attached hydrogen (secondary N) is 1. The second-order valence-electron chi connectivity index (χ2n) is 3.99. The molecule has 0 radical (unpaired) electrons. The Balaban J connectivity index is 2.36. The van der Waals surface area contributed by atoms with Gasteiger partial charge in [0.15, 0.2) is 0 Å². The molecule has 110 valence electrons. The van der Waals surface area contributed by atoms with E-state index in [9.17, 15) is 8.42 Å². The molecule has 1 rings (SSSR count). The van der Waals surface area contributed by atoms with E-state index in [4.69, 9.17) is 14.7 Å². The molecule has 0 saturated heterocycles. The fraction of sp³-hybridized carbons (Fsp3) is 0.462. The third-order valence-electron chi connectivity index (χ3n) is 2.48. The SMILES string of the molecule is COCCOCCCNS(=O)(=O)c1ccc(C#N)cc1. The monoisotopic (exact) mass is 298 g/mol. The van der Waals surface area contributed by atoms with Crippen LogP contribution in [0.5, 0.6) is 0 Å². The molecule has 20 heavy (non-hydrogen) atoms. The lowest BCUT2D eigenvalue weighted by molar-refractivity contribution is 0.0699. The van der Waals surface area contributed by atoms with Gasteiger partial charge in [-0.1, -0.05) is 0 Å². The Morgan fingerprint density at radius 3 is 2.50 bits per heavy atom. The second kappa shape index (κ2) is 8.66. The highest BCUT2D eigenvalue weighted by Gasteiger charge is 2.12. The molecule has 6 nitrogen and oxygen atoms in total. The van der Waals surface area contributed by atoms with Gasteiger partial charge in [0, 0.05) is 20.3 Å². The molecule has 1 N–H and O–H groups in total. The maximum Gasteiger partial charge on any atom is 0.240 e. The van der Waals surface area contributed by atoms with E-state index in [1.807, 2.05) is 6.07 Å². The lowest BCUT2D eigenvalue weighted by atomic mass is 10.2. The first-order chi connectivity index (χ1) is 9.60. The molecule has 0 bridgehead atoms. The molecule has 0 spiro atoms. The van der Waals surface area contributed by atoms with Gasteiger partial charge in [-0.05, 0) is 30.7 Å². The van der Waals surface area contributed by atoms with Crippen molar-refractivity contribution in [1.82, 2.24) is 4.72 Å². The summed E-state index contributed by atoms with van der Waals surface area (Å²) in [6.07, 6.45) is 0.583. The maximum absolute atomic E-state index is 11.9. The summed E-state index contributed by atoms with van der Waals surface area (Å²) in [6.45, 7) is 1.80. The van der Waals surface area contributed by atoms with Crippen molar-refractivity contribution in [2.75, 3.05) is 33.5 Å². The number of methoxy groups -OCH3 is 1. The number of benzene rings is 1. The summed E-state index contributed by atoms with van der Waals surface area (Å²) < 4.78 is 36.4. The van der Waals surface area contributed by atoms with Gasteiger partial charge in [0.2, 0.25) is 10.0 Å². The number of nitrogens with zero attached hydrogens (tertiary/aromatic N) is 1. The van der Waals surface area contributed by atoms with E-state index in [1.165, 1.54) is 24.3 Å². The zero-order chi connectivity index (χ0) is 14.8. The molecule has 1 aromatic rings. The molecule has 0 aromatic heterocycles. The number of sulfonamides is 1. The topological polar surface area (TPSA) is 88.4 Å². The molecule has 0 aliphatic rings. The maximum atomic E-state index is 11.9. The van der Waals surface area contributed by atoms with Crippen LogP contribution in [0.3, 0.4) is 0 Å². The van der Waals surface area contributed by atoms with Gasteiger partial charge in [0.25, 0.3) is 0 Å². The van der Waals surface area contributed by atoms with E-state index < -0.39 is 10.0 Å². The van der Waals surface area contributed by atoms with E-state index in [2.05, 4.69) is 4.72 Å². The molecule has 7 heteroatoms. The molecule has 0 saturated carbocycles. The second-order valence-corrected chi connectivity index (χ2v) is 5.76. The van der Waals surface area contributed by atoms with Crippen molar-refractivity contribution < 1.29 is 17.9 Å². The zero-order valence-electron chi connectivity index (χ0n) is 11.3. The summed E-state index contributed by atoms with van der Waals surface area (Å²) in [4.78, 5) is 0.150. The van der Waals surface area contributed by atoms with Crippen molar-refractivity contribution in [2.45, 2.75) is 11.3 Å². The highest BCUT2D eigenvalue weighted by Crippen LogP contribution is 2.09. The summed E-state index contributed by atoms with van der Waals surface area (Å²) in [7, 11) is -1.93. The van der Waals surface area contributed by atoms with E-state index in [0.29, 0.717) is 38.3 Å². The molecule has 0 aliphatic heterocycles. The van der Waals surface area contributed by atoms with Crippen LogP contribution in [0.25, 0.3) is 0 Å². The molecule has 0 atom stereocenters. The fourth-order valence-corrected chi connectivity index (χ4v) is 2.49. The number of rotatable bonds is 9. The van der Waals surface area contributed by atoms with Gasteiger partial charge >= 0.3 is 0 Å². The molecular weight excluding hydrogens is 280 g/mol. The molecule has 0 heterocycles. The molecule has 0 amide bonds. The van der Waals surface area contributed by atoms with Crippen molar-refractivity contribution >= 4 is 10.0 Å². The lowest BCUT2D eigenvalue weighted by Crippen LogP contribution is -2.25. The largest absolute Gasteiger partial charge is 0.382 e. The minimum atomic E-state index is -3.52. The first kappa shape index (κ1) is 16.6. The number of hydrogen-bond donors (Lipinski definition) is 1. The van der Waals surface area contributed by atoms with Crippen molar-refractivity contribution in [1.29, 1.82) is 5.26 Å². The fourth-order valence-electron chi connectivity index (χ4n) is 1.42. The summed E-state index contributed by atoms with van der Waals surface area (Å²) in [6, 6.07) is 7.71. The first-order valence-corrected chi connectivity index (χ1v) is 7.65. The van der Waals surface area contributed by atoms with Crippen LogP contribution in [-0.2, 0) is 19.5 Å². The minimum absolute atomic E-state index is 0.150. The van der Waals surface area contributed by atoms with Crippen molar-refractivity contribution in [3.05, 3.63) is 29.8 Å². The van der Waals surface area contributed by atoms with Gasteiger partial charge in [-0.2, -0.15) is 5.26 Å². The third kappa shape index (κ3) is 5.67.